The van der Waals surface area contributed by atoms with Crippen LogP contribution in [-0.4, -0.2) is 61.8 Å². The smallest absolute Gasteiger partial charge is 0.382 e. The summed E-state index contributed by atoms with van der Waals surface area (Å²) in [4.78, 5) is 44.2. The molecule has 39 heavy (non-hydrogen) atoms. The summed E-state index contributed by atoms with van der Waals surface area (Å²) in [5.74, 6) is -2.21. The molecule has 10 nitrogen and oxygen atoms in total. The van der Waals surface area contributed by atoms with Gasteiger partial charge in [0.25, 0.3) is 11.5 Å². The second-order valence-electron chi connectivity index (χ2n) is 9.75. The van der Waals surface area contributed by atoms with Crippen molar-refractivity contribution in [2.24, 2.45) is 0 Å². The lowest BCUT2D eigenvalue weighted by atomic mass is 9.87. The minimum Gasteiger partial charge on any atom is -0.382 e. The predicted molar refractivity (Wildman–Crippen MR) is 130 cm³/mol. The molecule has 3 aromatic rings. The predicted octanol–water partition coefficient (Wildman–Crippen LogP) is 3.25. The highest BCUT2D eigenvalue weighted by Crippen LogP contribution is 2.34. The Hall–Kier alpha value is -3.81. The molecule has 208 valence electrons. The van der Waals surface area contributed by atoms with Gasteiger partial charge < -0.3 is 19.5 Å². The number of halogens is 4. The average molecular weight is 551 g/mol. The summed E-state index contributed by atoms with van der Waals surface area (Å²) in [6.45, 7) is -1.96. The third kappa shape index (κ3) is 5.12. The molecule has 0 spiro atoms. The Morgan fingerprint density at radius 3 is 2.59 bits per heavy atom. The summed E-state index contributed by atoms with van der Waals surface area (Å²) in [7, 11) is 1.08. The van der Waals surface area contributed by atoms with Crippen LogP contribution in [-0.2, 0) is 22.6 Å². The minimum absolute atomic E-state index is 0.0386. The molecule has 0 unspecified atom stereocenters. The number of methoxy groups -OCH3 is 1. The van der Waals surface area contributed by atoms with Gasteiger partial charge in [-0.25, -0.2) is 9.37 Å². The number of amides is 2. The molecular weight excluding hydrogens is 524 g/mol. The minimum atomic E-state index is -4.82. The van der Waals surface area contributed by atoms with Gasteiger partial charge in [-0.2, -0.15) is 22.8 Å². The van der Waals surface area contributed by atoms with Crippen LogP contribution < -0.4 is 10.9 Å². The molecule has 0 saturated heterocycles. The number of hydrogen-bond acceptors (Lipinski definition) is 6. The van der Waals surface area contributed by atoms with Crippen molar-refractivity contribution in [3.8, 4) is 0 Å². The van der Waals surface area contributed by atoms with E-state index < -0.39 is 55.1 Å². The number of pyridine rings is 1. The van der Waals surface area contributed by atoms with E-state index in [0.717, 1.165) is 56.0 Å². The Kier molecular flexibility index (Phi) is 7.14. The maximum Gasteiger partial charge on any atom is 0.411 e. The molecule has 1 fully saturated rings. The Morgan fingerprint density at radius 2 is 1.95 bits per heavy atom. The number of anilines is 1. The molecule has 5 rings (SSSR count). The molecule has 0 radical (unpaired) electrons. The zero-order chi connectivity index (χ0) is 27.9. The van der Waals surface area contributed by atoms with Crippen molar-refractivity contribution in [1.82, 2.24) is 24.1 Å². The van der Waals surface area contributed by atoms with E-state index in [1.165, 1.54) is 10.6 Å². The van der Waals surface area contributed by atoms with E-state index in [0.29, 0.717) is 10.6 Å². The number of carbonyl (C=O) groups excluding carboxylic acids is 2. The fourth-order valence-corrected chi connectivity index (χ4v) is 5.31. The van der Waals surface area contributed by atoms with Gasteiger partial charge in [-0.3, -0.25) is 14.4 Å². The Labute approximate surface area is 219 Å². The van der Waals surface area contributed by atoms with Crippen LogP contribution >= 0.6 is 0 Å². The van der Waals surface area contributed by atoms with Crippen LogP contribution in [0.15, 0.2) is 29.2 Å². The van der Waals surface area contributed by atoms with Gasteiger partial charge in [0.2, 0.25) is 5.91 Å². The van der Waals surface area contributed by atoms with Crippen molar-refractivity contribution in [1.29, 1.82) is 0 Å². The van der Waals surface area contributed by atoms with Gasteiger partial charge in [-0.05, 0) is 25.0 Å². The first kappa shape index (κ1) is 26.8. The standard InChI is InChI=1S/C25H26F4N6O4/c1-39-13-18(25(27,28)29)33-11-16-22(24(33)38)34(12-20(36)31-19-8-7-15(26)10-30-19)21-9-17(32-35(21)23(16)37)14-5-3-2-4-6-14/h7-10,14,18H,2-6,11-13H2,1H3,(H,30,31,36)/t18-/m1/s1. The van der Waals surface area contributed by atoms with Crippen molar-refractivity contribution in [3.63, 3.8) is 0 Å². The van der Waals surface area contributed by atoms with Crippen molar-refractivity contribution in [2.45, 2.75) is 63.3 Å². The number of aromatic nitrogens is 4. The van der Waals surface area contributed by atoms with Gasteiger partial charge >= 0.3 is 6.18 Å². The SMILES string of the molecule is COC[C@@H](N1Cc2c(n(CC(=O)Nc3ccc(F)cn3)c3cc(C4CCCCC4)nn3c2=O)C1=O)C(F)(F)F. The van der Waals surface area contributed by atoms with Crippen LogP contribution in [0.5, 0.6) is 0 Å². The molecule has 14 heteroatoms. The van der Waals surface area contributed by atoms with E-state index in [4.69, 9.17) is 4.74 Å². The van der Waals surface area contributed by atoms with Crippen molar-refractivity contribution < 1.29 is 31.9 Å². The fraction of sp³-hybridized carbons (Fsp3) is 0.480. The molecule has 3 aromatic heterocycles. The molecule has 1 aliphatic heterocycles. The van der Waals surface area contributed by atoms with Crippen molar-refractivity contribution in [2.75, 3.05) is 19.0 Å². The van der Waals surface area contributed by atoms with Gasteiger partial charge in [-0.1, -0.05) is 19.3 Å². The molecule has 2 amide bonds. The van der Waals surface area contributed by atoms with Gasteiger partial charge in [0.1, 0.15) is 29.5 Å². The number of nitrogens with zero attached hydrogens (tertiary/aromatic N) is 5. The van der Waals surface area contributed by atoms with Crippen molar-refractivity contribution in [3.05, 3.63) is 57.5 Å². The highest BCUT2D eigenvalue weighted by atomic mass is 19.4. The van der Waals surface area contributed by atoms with Crippen LogP contribution in [0.3, 0.4) is 0 Å². The normalized spacial score (nSPS) is 17.1. The van der Waals surface area contributed by atoms with Gasteiger partial charge in [0.05, 0.1) is 30.6 Å². The highest BCUT2D eigenvalue weighted by molar-refractivity contribution is 5.98. The van der Waals surface area contributed by atoms with E-state index in [2.05, 4.69) is 15.4 Å². The first-order valence-corrected chi connectivity index (χ1v) is 12.5. The second-order valence-corrected chi connectivity index (χ2v) is 9.75. The lowest BCUT2D eigenvalue weighted by Gasteiger charge is -2.28. The van der Waals surface area contributed by atoms with E-state index in [1.54, 1.807) is 6.07 Å². The summed E-state index contributed by atoms with van der Waals surface area (Å²) >= 11 is 0. The zero-order valence-corrected chi connectivity index (χ0v) is 21.0. The molecule has 1 N–H and O–H groups in total. The maximum atomic E-state index is 13.8. The van der Waals surface area contributed by atoms with Gasteiger partial charge in [0, 0.05) is 19.1 Å². The molecule has 1 atom stereocenters. The van der Waals surface area contributed by atoms with Gasteiger partial charge in [0.15, 0.2) is 6.04 Å². The number of carbonyl (C=O) groups is 2. The van der Waals surface area contributed by atoms with E-state index in [9.17, 15) is 31.9 Å². The fourth-order valence-electron chi connectivity index (χ4n) is 5.31. The summed E-state index contributed by atoms with van der Waals surface area (Å²) in [6.07, 6.45) is 0.913. The monoisotopic (exact) mass is 550 g/mol. The van der Waals surface area contributed by atoms with E-state index >= 15 is 0 Å². The Balaban J connectivity index is 1.59. The van der Waals surface area contributed by atoms with Crippen molar-refractivity contribution >= 4 is 23.3 Å². The lowest BCUT2D eigenvalue weighted by Crippen LogP contribution is -2.48. The Morgan fingerprint density at radius 1 is 1.21 bits per heavy atom. The lowest BCUT2D eigenvalue weighted by molar-refractivity contribution is -0.188. The zero-order valence-electron chi connectivity index (χ0n) is 21.0. The second kappa shape index (κ2) is 10.4. The number of fused-ring (bicyclic) bond motifs is 2. The first-order chi connectivity index (χ1) is 18.6. The summed E-state index contributed by atoms with van der Waals surface area (Å²) < 4.78 is 61.7. The number of rotatable bonds is 7. The van der Waals surface area contributed by atoms with Crippen LogP contribution in [0.25, 0.3) is 5.65 Å². The summed E-state index contributed by atoms with van der Waals surface area (Å²) in [5.41, 5.74) is -0.471. The van der Waals surface area contributed by atoms with Crippen LogP contribution in [0, 0.1) is 5.82 Å². The third-order valence-electron chi connectivity index (χ3n) is 7.18. The summed E-state index contributed by atoms with van der Waals surface area (Å²) in [6, 6.07) is 1.66. The molecule has 1 saturated carbocycles. The largest absolute Gasteiger partial charge is 0.411 e. The maximum absolute atomic E-state index is 13.8. The number of ether oxygens (including phenoxy) is 1. The molecular formula is C25H26F4N6O4. The number of alkyl halides is 3. The molecule has 1 aliphatic carbocycles. The molecule has 4 heterocycles. The molecule has 2 aliphatic rings. The number of hydrogen-bond donors (Lipinski definition) is 1. The first-order valence-electron chi connectivity index (χ1n) is 12.5. The number of nitrogens with one attached hydrogen (secondary N) is 1. The molecule has 0 bridgehead atoms. The van der Waals surface area contributed by atoms with E-state index in [-0.39, 0.29) is 28.6 Å². The summed E-state index contributed by atoms with van der Waals surface area (Å²) in [5, 5.41) is 6.96. The van der Waals surface area contributed by atoms with Crippen LogP contribution in [0.2, 0.25) is 0 Å². The molecule has 0 aromatic carbocycles. The third-order valence-corrected chi connectivity index (χ3v) is 7.18. The van der Waals surface area contributed by atoms with E-state index in [1.807, 2.05) is 0 Å². The topological polar surface area (TPSA) is 111 Å². The quantitative estimate of drug-likeness (QED) is 0.453. The van der Waals surface area contributed by atoms with Crippen LogP contribution in [0.4, 0.5) is 23.4 Å². The average Bonchev–Trinajstić information content (AvgIpc) is 3.49. The Bertz CT molecular complexity index is 1460. The van der Waals surface area contributed by atoms with Gasteiger partial charge in [-0.15, -0.1) is 0 Å². The highest BCUT2D eigenvalue weighted by Gasteiger charge is 2.49. The van der Waals surface area contributed by atoms with Crippen LogP contribution in [0.1, 0.15) is 59.8 Å².